The number of thiophene rings is 1. The van der Waals surface area contributed by atoms with E-state index in [2.05, 4.69) is 11.9 Å². The molecule has 0 fully saturated rings. The minimum absolute atomic E-state index is 0.134. The molecule has 1 amide bonds. The van der Waals surface area contributed by atoms with Crippen LogP contribution in [0.5, 0.6) is 0 Å². The molecule has 1 aromatic heterocycles. The van der Waals surface area contributed by atoms with Gasteiger partial charge in [0.1, 0.15) is 6.10 Å². The van der Waals surface area contributed by atoms with Crippen molar-refractivity contribution in [1.29, 1.82) is 0 Å². The third kappa shape index (κ3) is 3.32. The van der Waals surface area contributed by atoms with Crippen molar-refractivity contribution in [3.8, 4) is 0 Å². The highest BCUT2D eigenvalue weighted by Gasteiger charge is 2.12. The van der Waals surface area contributed by atoms with Crippen molar-refractivity contribution < 1.29 is 9.53 Å². The van der Waals surface area contributed by atoms with Gasteiger partial charge in [0, 0.05) is 5.38 Å². The SMILES string of the molecule is C=CCOC(C)C(=O)Nc1ccsc1. The van der Waals surface area contributed by atoms with E-state index < -0.39 is 6.10 Å². The number of anilines is 1. The molecule has 0 radical (unpaired) electrons. The maximum atomic E-state index is 11.5. The molecule has 0 spiro atoms. The minimum Gasteiger partial charge on any atom is -0.365 e. The van der Waals surface area contributed by atoms with E-state index in [0.717, 1.165) is 5.69 Å². The zero-order chi connectivity index (χ0) is 10.4. The molecule has 1 heterocycles. The van der Waals surface area contributed by atoms with Crippen molar-refractivity contribution in [1.82, 2.24) is 0 Å². The Labute approximate surface area is 87.4 Å². The van der Waals surface area contributed by atoms with E-state index in [-0.39, 0.29) is 5.91 Å². The number of rotatable bonds is 5. The molecule has 1 N–H and O–H groups in total. The van der Waals surface area contributed by atoms with Crippen molar-refractivity contribution in [3.05, 3.63) is 29.5 Å². The summed E-state index contributed by atoms with van der Waals surface area (Å²) in [6, 6.07) is 1.85. The summed E-state index contributed by atoms with van der Waals surface area (Å²) in [5.74, 6) is -0.134. The van der Waals surface area contributed by atoms with Crippen LogP contribution in [-0.2, 0) is 9.53 Å². The molecular weight excluding hydrogens is 198 g/mol. The van der Waals surface area contributed by atoms with Crippen molar-refractivity contribution in [3.63, 3.8) is 0 Å². The quantitative estimate of drug-likeness (QED) is 0.759. The van der Waals surface area contributed by atoms with Crippen LogP contribution in [0.2, 0.25) is 0 Å². The summed E-state index contributed by atoms with van der Waals surface area (Å²) in [5, 5.41) is 6.52. The summed E-state index contributed by atoms with van der Waals surface area (Å²) in [4.78, 5) is 11.5. The molecule has 4 heteroatoms. The largest absolute Gasteiger partial charge is 0.365 e. The zero-order valence-corrected chi connectivity index (χ0v) is 8.84. The van der Waals surface area contributed by atoms with E-state index in [1.54, 1.807) is 13.0 Å². The lowest BCUT2D eigenvalue weighted by atomic mass is 10.3. The van der Waals surface area contributed by atoms with Gasteiger partial charge in [0.2, 0.25) is 0 Å². The first-order chi connectivity index (χ1) is 6.74. The first kappa shape index (κ1) is 10.9. The van der Waals surface area contributed by atoms with Crippen LogP contribution in [0.3, 0.4) is 0 Å². The van der Waals surface area contributed by atoms with Crippen molar-refractivity contribution in [2.45, 2.75) is 13.0 Å². The maximum absolute atomic E-state index is 11.5. The van der Waals surface area contributed by atoms with Crippen LogP contribution >= 0.6 is 11.3 Å². The molecule has 0 bridgehead atoms. The molecule has 3 nitrogen and oxygen atoms in total. The molecular formula is C10H13NO2S. The fraction of sp³-hybridized carbons (Fsp3) is 0.300. The molecule has 0 saturated carbocycles. The third-order valence-corrected chi connectivity index (χ3v) is 2.31. The summed E-state index contributed by atoms with van der Waals surface area (Å²) in [7, 11) is 0. The van der Waals surface area contributed by atoms with Gasteiger partial charge < -0.3 is 10.1 Å². The van der Waals surface area contributed by atoms with Gasteiger partial charge in [0.25, 0.3) is 5.91 Å². The van der Waals surface area contributed by atoms with E-state index in [4.69, 9.17) is 4.74 Å². The van der Waals surface area contributed by atoms with Crippen LogP contribution in [-0.4, -0.2) is 18.6 Å². The van der Waals surface area contributed by atoms with Crippen LogP contribution in [0.4, 0.5) is 5.69 Å². The molecule has 1 unspecified atom stereocenters. The van der Waals surface area contributed by atoms with Gasteiger partial charge in [-0.05, 0) is 18.4 Å². The number of amides is 1. The van der Waals surface area contributed by atoms with Gasteiger partial charge in [-0.1, -0.05) is 6.08 Å². The lowest BCUT2D eigenvalue weighted by Crippen LogP contribution is -2.27. The number of carbonyl (C=O) groups excluding carboxylic acids is 1. The number of hydrogen-bond donors (Lipinski definition) is 1. The van der Waals surface area contributed by atoms with E-state index in [1.807, 2.05) is 16.8 Å². The van der Waals surface area contributed by atoms with Gasteiger partial charge in [-0.15, -0.1) is 6.58 Å². The van der Waals surface area contributed by atoms with Gasteiger partial charge in [-0.2, -0.15) is 11.3 Å². The molecule has 0 saturated heterocycles. The highest BCUT2D eigenvalue weighted by Crippen LogP contribution is 2.12. The average Bonchev–Trinajstić information content (AvgIpc) is 2.66. The Morgan fingerprint density at radius 2 is 2.64 bits per heavy atom. The Hall–Kier alpha value is -1.13. The maximum Gasteiger partial charge on any atom is 0.253 e. The molecule has 0 aliphatic carbocycles. The van der Waals surface area contributed by atoms with Crippen molar-refractivity contribution in [2.75, 3.05) is 11.9 Å². The molecule has 1 atom stereocenters. The highest BCUT2D eigenvalue weighted by atomic mass is 32.1. The second kappa shape index (κ2) is 5.57. The predicted molar refractivity (Wildman–Crippen MR) is 58.6 cm³/mol. The van der Waals surface area contributed by atoms with Crippen LogP contribution in [0, 0.1) is 0 Å². The Morgan fingerprint density at radius 3 is 3.21 bits per heavy atom. The monoisotopic (exact) mass is 211 g/mol. The second-order valence-electron chi connectivity index (χ2n) is 2.77. The van der Waals surface area contributed by atoms with Crippen LogP contribution in [0.15, 0.2) is 29.5 Å². The summed E-state index contributed by atoms with van der Waals surface area (Å²) in [5.41, 5.74) is 0.814. The highest BCUT2D eigenvalue weighted by molar-refractivity contribution is 7.08. The fourth-order valence-electron chi connectivity index (χ4n) is 0.868. The molecule has 14 heavy (non-hydrogen) atoms. The molecule has 76 valence electrons. The molecule has 1 aromatic rings. The standard InChI is InChI=1S/C10H13NO2S/c1-3-5-13-8(2)10(12)11-9-4-6-14-7-9/h3-4,6-8H,1,5H2,2H3,(H,11,12). The number of nitrogens with one attached hydrogen (secondary N) is 1. The van der Waals surface area contributed by atoms with E-state index >= 15 is 0 Å². The Bertz CT molecular complexity index is 295. The Morgan fingerprint density at radius 1 is 1.86 bits per heavy atom. The van der Waals surface area contributed by atoms with E-state index in [9.17, 15) is 4.79 Å². The molecule has 0 aliphatic rings. The lowest BCUT2D eigenvalue weighted by Gasteiger charge is -2.10. The summed E-state index contributed by atoms with van der Waals surface area (Å²) in [6.45, 7) is 5.61. The lowest BCUT2D eigenvalue weighted by molar-refractivity contribution is -0.125. The van der Waals surface area contributed by atoms with Crippen molar-refractivity contribution in [2.24, 2.45) is 0 Å². The van der Waals surface area contributed by atoms with E-state index in [1.165, 1.54) is 11.3 Å². The first-order valence-electron chi connectivity index (χ1n) is 4.29. The first-order valence-corrected chi connectivity index (χ1v) is 5.24. The van der Waals surface area contributed by atoms with Gasteiger partial charge >= 0.3 is 0 Å². The van der Waals surface area contributed by atoms with Crippen LogP contribution < -0.4 is 5.32 Å². The van der Waals surface area contributed by atoms with Gasteiger partial charge in [-0.3, -0.25) is 4.79 Å². The summed E-state index contributed by atoms with van der Waals surface area (Å²) >= 11 is 1.54. The smallest absolute Gasteiger partial charge is 0.253 e. The van der Waals surface area contributed by atoms with Gasteiger partial charge in [0.15, 0.2) is 0 Å². The third-order valence-electron chi connectivity index (χ3n) is 1.62. The van der Waals surface area contributed by atoms with Crippen molar-refractivity contribution >= 4 is 22.9 Å². The Kier molecular flexibility index (Phi) is 4.35. The Balaban J connectivity index is 2.37. The zero-order valence-electron chi connectivity index (χ0n) is 8.03. The van der Waals surface area contributed by atoms with Gasteiger partial charge in [0.05, 0.1) is 12.3 Å². The molecule has 0 aromatic carbocycles. The number of hydrogen-bond acceptors (Lipinski definition) is 3. The van der Waals surface area contributed by atoms with Crippen LogP contribution in [0.25, 0.3) is 0 Å². The predicted octanol–water partition coefficient (Wildman–Crippen LogP) is 2.28. The second-order valence-corrected chi connectivity index (χ2v) is 3.55. The normalized spacial score (nSPS) is 12.1. The number of ether oxygens (including phenoxy) is 1. The molecule has 0 aliphatic heterocycles. The average molecular weight is 211 g/mol. The minimum atomic E-state index is -0.451. The van der Waals surface area contributed by atoms with Gasteiger partial charge in [-0.25, -0.2) is 0 Å². The summed E-state index contributed by atoms with van der Waals surface area (Å²) in [6.07, 6.45) is 1.17. The van der Waals surface area contributed by atoms with E-state index in [0.29, 0.717) is 6.61 Å². The molecule has 1 rings (SSSR count). The fourth-order valence-corrected chi connectivity index (χ4v) is 1.46. The van der Waals surface area contributed by atoms with Crippen LogP contribution in [0.1, 0.15) is 6.92 Å². The topological polar surface area (TPSA) is 38.3 Å². The number of carbonyl (C=O) groups is 1. The summed E-state index contributed by atoms with van der Waals surface area (Å²) < 4.78 is 5.17.